The average molecular weight is 312 g/mol. The summed E-state index contributed by atoms with van der Waals surface area (Å²) in [7, 11) is 0. The molecular formula is C14H17FN2O3S. The van der Waals surface area contributed by atoms with Crippen molar-refractivity contribution in [3.8, 4) is 5.75 Å². The molecule has 114 valence electrons. The van der Waals surface area contributed by atoms with Crippen LogP contribution in [-0.2, 0) is 9.53 Å². The van der Waals surface area contributed by atoms with Crippen LogP contribution in [0, 0.1) is 5.82 Å². The summed E-state index contributed by atoms with van der Waals surface area (Å²) in [6.45, 7) is 3.66. The number of ether oxygens (including phenoxy) is 2. The maximum absolute atomic E-state index is 13.9. The SMILES string of the molecule is CC(Oc1ccc(C(N)=S)cc1F)C(=O)N1CCOCC1. The summed E-state index contributed by atoms with van der Waals surface area (Å²) in [5.74, 6) is -0.776. The zero-order valence-electron chi connectivity index (χ0n) is 11.7. The minimum atomic E-state index is -0.770. The highest BCUT2D eigenvalue weighted by molar-refractivity contribution is 7.80. The lowest BCUT2D eigenvalue weighted by Gasteiger charge is -2.29. The molecule has 1 heterocycles. The van der Waals surface area contributed by atoms with Gasteiger partial charge in [0, 0.05) is 18.7 Å². The lowest BCUT2D eigenvalue weighted by Crippen LogP contribution is -2.46. The third kappa shape index (κ3) is 3.89. The maximum Gasteiger partial charge on any atom is 0.263 e. The quantitative estimate of drug-likeness (QED) is 0.843. The summed E-state index contributed by atoms with van der Waals surface area (Å²) in [4.78, 5) is 13.9. The molecule has 0 saturated carbocycles. The molecule has 0 aliphatic carbocycles. The molecule has 0 bridgehead atoms. The van der Waals surface area contributed by atoms with E-state index in [4.69, 9.17) is 27.4 Å². The number of nitrogens with zero attached hydrogens (tertiary/aromatic N) is 1. The van der Waals surface area contributed by atoms with Crippen molar-refractivity contribution in [1.82, 2.24) is 4.90 Å². The predicted molar refractivity (Wildman–Crippen MR) is 79.8 cm³/mol. The number of thiocarbonyl (C=S) groups is 1. The van der Waals surface area contributed by atoms with Gasteiger partial charge in [0.1, 0.15) is 4.99 Å². The Morgan fingerprint density at radius 1 is 1.48 bits per heavy atom. The highest BCUT2D eigenvalue weighted by Gasteiger charge is 2.24. The van der Waals surface area contributed by atoms with Gasteiger partial charge in [0.25, 0.3) is 5.91 Å². The van der Waals surface area contributed by atoms with Crippen molar-refractivity contribution in [2.24, 2.45) is 5.73 Å². The molecule has 1 fully saturated rings. The van der Waals surface area contributed by atoms with Crippen molar-refractivity contribution in [1.29, 1.82) is 0 Å². The van der Waals surface area contributed by atoms with E-state index in [1.807, 2.05) is 0 Å². The van der Waals surface area contributed by atoms with Gasteiger partial charge in [-0.1, -0.05) is 12.2 Å². The van der Waals surface area contributed by atoms with Crippen molar-refractivity contribution in [2.45, 2.75) is 13.0 Å². The van der Waals surface area contributed by atoms with E-state index in [0.29, 0.717) is 31.9 Å². The zero-order valence-corrected chi connectivity index (χ0v) is 12.5. The summed E-state index contributed by atoms with van der Waals surface area (Å²) in [6, 6.07) is 4.18. The first-order valence-electron chi connectivity index (χ1n) is 6.61. The molecule has 1 saturated heterocycles. The average Bonchev–Trinajstić information content (AvgIpc) is 2.49. The van der Waals surface area contributed by atoms with E-state index >= 15 is 0 Å². The minimum Gasteiger partial charge on any atom is -0.478 e. The second-order valence-electron chi connectivity index (χ2n) is 4.71. The smallest absolute Gasteiger partial charge is 0.263 e. The highest BCUT2D eigenvalue weighted by Crippen LogP contribution is 2.20. The van der Waals surface area contributed by atoms with Crippen LogP contribution in [0.2, 0.25) is 0 Å². The first-order valence-corrected chi connectivity index (χ1v) is 7.02. The number of carbonyl (C=O) groups is 1. The van der Waals surface area contributed by atoms with Crippen molar-refractivity contribution in [2.75, 3.05) is 26.3 Å². The normalized spacial score (nSPS) is 16.4. The number of carbonyl (C=O) groups excluding carboxylic acids is 1. The summed E-state index contributed by atoms with van der Waals surface area (Å²) >= 11 is 4.78. The number of amides is 1. The van der Waals surface area contributed by atoms with Gasteiger partial charge in [-0.3, -0.25) is 4.79 Å². The van der Waals surface area contributed by atoms with E-state index in [1.165, 1.54) is 12.1 Å². The van der Waals surface area contributed by atoms with Gasteiger partial charge in [-0.05, 0) is 25.1 Å². The van der Waals surface area contributed by atoms with Gasteiger partial charge >= 0.3 is 0 Å². The predicted octanol–water partition coefficient (Wildman–Crippen LogP) is 1.09. The topological polar surface area (TPSA) is 64.8 Å². The molecule has 1 aliphatic heterocycles. The van der Waals surface area contributed by atoms with Crippen LogP contribution in [0.1, 0.15) is 12.5 Å². The van der Waals surface area contributed by atoms with Crippen LogP contribution < -0.4 is 10.5 Å². The summed E-state index contributed by atoms with van der Waals surface area (Å²) in [6.07, 6.45) is -0.770. The standard InChI is InChI=1S/C14H17FN2O3S/c1-9(14(18)17-4-6-19-7-5-17)20-12-3-2-10(13(16)21)8-11(12)15/h2-3,8-9H,4-7H2,1H3,(H2,16,21). The third-order valence-electron chi connectivity index (χ3n) is 3.19. The third-order valence-corrected chi connectivity index (χ3v) is 3.43. The van der Waals surface area contributed by atoms with Gasteiger partial charge in [0.05, 0.1) is 13.2 Å². The molecular weight excluding hydrogens is 295 g/mol. The van der Waals surface area contributed by atoms with Crippen molar-refractivity contribution in [3.63, 3.8) is 0 Å². The van der Waals surface area contributed by atoms with Gasteiger partial charge < -0.3 is 20.1 Å². The van der Waals surface area contributed by atoms with E-state index in [1.54, 1.807) is 17.9 Å². The Kier molecular flexibility index (Phi) is 5.08. The molecule has 1 unspecified atom stereocenters. The number of hydrogen-bond acceptors (Lipinski definition) is 4. The Labute approximate surface area is 127 Å². The first-order chi connectivity index (χ1) is 9.99. The number of benzene rings is 1. The van der Waals surface area contributed by atoms with E-state index in [0.717, 1.165) is 0 Å². The molecule has 7 heteroatoms. The van der Waals surface area contributed by atoms with E-state index in [9.17, 15) is 9.18 Å². The lowest BCUT2D eigenvalue weighted by atomic mass is 10.2. The monoisotopic (exact) mass is 312 g/mol. The maximum atomic E-state index is 13.9. The summed E-state index contributed by atoms with van der Waals surface area (Å²) < 4.78 is 24.5. The molecule has 5 nitrogen and oxygen atoms in total. The van der Waals surface area contributed by atoms with Gasteiger partial charge in [0.2, 0.25) is 0 Å². The molecule has 1 aromatic carbocycles. The number of hydrogen-bond donors (Lipinski definition) is 1. The van der Waals surface area contributed by atoms with Gasteiger partial charge in [-0.15, -0.1) is 0 Å². The molecule has 2 N–H and O–H groups in total. The van der Waals surface area contributed by atoms with Crippen LogP contribution in [0.25, 0.3) is 0 Å². The first kappa shape index (κ1) is 15.7. The second-order valence-corrected chi connectivity index (χ2v) is 5.15. The van der Waals surface area contributed by atoms with Crippen LogP contribution >= 0.6 is 12.2 Å². The van der Waals surface area contributed by atoms with Gasteiger partial charge in [-0.25, -0.2) is 4.39 Å². The molecule has 21 heavy (non-hydrogen) atoms. The molecule has 1 amide bonds. The Morgan fingerprint density at radius 3 is 2.71 bits per heavy atom. The van der Waals surface area contributed by atoms with E-state index < -0.39 is 11.9 Å². The fourth-order valence-electron chi connectivity index (χ4n) is 2.03. The van der Waals surface area contributed by atoms with E-state index in [-0.39, 0.29) is 16.6 Å². The molecule has 0 spiro atoms. The van der Waals surface area contributed by atoms with Crippen LogP contribution in [0.15, 0.2) is 18.2 Å². The Balaban J connectivity index is 2.03. The number of rotatable bonds is 4. The van der Waals surface area contributed by atoms with Crippen molar-refractivity contribution in [3.05, 3.63) is 29.6 Å². The summed E-state index contributed by atoms with van der Waals surface area (Å²) in [5, 5.41) is 0. The van der Waals surface area contributed by atoms with Crippen LogP contribution in [0.5, 0.6) is 5.75 Å². The fraction of sp³-hybridized carbons (Fsp3) is 0.429. The summed E-state index contributed by atoms with van der Waals surface area (Å²) in [5.41, 5.74) is 5.85. The van der Waals surface area contributed by atoms with Gasteiger partial charge in [0.15, 0.2) is 17.7 Å². The van der Waals surface area contributed by atoms with E-state index in [2.05, 4.69) is 0 Å². The number of morpholine rings is 1. The van der Waals surface area contributed by atoms with Crippen LogP contribution in [0.4, 0.5) is 4.39 Å². The lowest BCUT2D eigenvalue weighted by molar-refractivity contribution is -0.142. The number of halogens is 1. The molecule has 2 rings (SSSR count). The van der Waals surface area contributed by atoms with Crippen molar-refractivity contribution < 1.29 is 18.7 Å². The molecule has 1 aromatic rings. The minimum absolute atomic E-state index is 0.00381. The second kappa shape index (κ2) is 6.82. The van der Waals surface area contributed by atoms with Gasteiger partial charge in [-0.2, -0.15) is 0 Å². The Bertz CT molecular complexity index is 547. The van der Waals surface area contributed by atoms with Crippen LogP contribution in [0.3, 0.4) is 0 Å². The fourth-order valence-corrected chi connectivity index (χ4v) is 2.16. The Morgan fingerprint density at radius 2 is 2.14 bits per heavy atom. The molecule has 0 aromatic heterocycles. The highest BCUT2D eigenvalue weighted by atomic mass is 32.1. The van der Waals surface area contributed by atoms with Crippen molar-refractivity contribution >= 4 is 23.1 Å². The molecule has 1 atom stereocenters. The number of nitrogens with two attached hydrogens (primary N) is 1. The van der Waals surface area contributed by atoms with Crippen LogP contribution in [-0.4, -0.2) is 48.2 Å². The molecule has 1 aliphatic rings. The Hall–Kier alpha value is -1.73. The zero-order chi connectivity index (χ0) is 15.4. The largest absolute Gasteiger partial charge is 0.478 e. The molecule has 0 radical (unpaired) electrons.